The highest BCUT2D eigenvalue weighted by atomic mass is 19.4. The molecule has 0 aromatic carbocycles. The molecule has 3 N–H and O–H groups in total. The Morgan fingerprint density at radius 3 is 2.83 bits per heavy atom. The summed E-state index contributed by atoms with van der Waals surface area (Å²) >= 11 is 0. The maximum atomic E-state index is 13.2. The van der Waals surface area contributed by atoms with Crippen molar-refractivity contribution in [3.05, 3.63) is 29.7 Å². The van der Waals surface area contributed by atoms with E-state index >= 15 is 0 Å². The van der Waals surface area contributed by atoms with Crippen LogP contribution in [0.5, 0.6) is 0 Å². The number of carbonyl (C=O) groups excluding carboxylic acids is 2. The summed E-state index contributed by atoms with van der Waals surface area (Å²) < 4.78 is 46.7. The molecule has 1 aliphatic carbocycles. The van der Waals surface area contributed by atoms with Gasteiger partial charge in [0, 0.05) is 6.61 Å². The Labute approximate surface area is 203 Å². The first kappa shape index (κ1) is 24.2. The van der Waals surface area contributed by atoms with E-state index in [0.717, 1.165) is 12.8 Å². The standard InChI is InChI=1S/C21H25F3N8O4/c1-2-35-10-15(28-19(33)13-7-26-36-30-13)14-8-32-17(27-14)5-12(6-25-32)18(11-3-4-11)31-9-16(21(22,23)24)29-20(31)34/h5-6,8,11,15-16,18,26H,2-4,7,9-10H2,1H3,(H,28,33)(H,29,34). The molecule has 36 heavy (non-hydrogen) atoms. The van der Waals surface area contributed by atoms with E-state index in [1.165, 1.54) is 9.42 Å². The number of amides is 3. The van der Waals surface area contributed by atoms with Crippen LogP contribution in [0.1, 0.15) is 43.1 Å². The van der Waals surface area contributed by atoms with Gasteiger partial charge < -0.3 is 20.3 Å². The number of imidazole rings is 1. The van der Waals surface area contributed by atoms with Crippen molar-refractivity contribution in [3.8, 4) is 0 Å². The number of hydrogen-bond acceptors (Lipinski definition) is 8. The molecule has 3 aliphatic rings. The van der Waals surface area contributed by atoms with Gasteiger partial charge in [-0.2, -0.15) is 18.3 Å². The minimum absolute atomic E-state index is 0.0504. The number of aromatic nitrogens is 3. The molecule has 1 saturated carbocycles. The Kier molecular flexibility index (Phi) is 6.42. The summed E-state index contributed by atoms with van der Waals surface area (Å²) in [6.45, 7) is 2.10. The lowest BCUT2D eigenvalue weighted by Crippen LogP contribution is -2.40. The van der Waals surface area contributed by atoms with Gasteiger partial charge in [-0.1, -0.05) is 5.16 Å². The fourth-order valence-corrected chi connectivity index (χ4v) is 4.36. The minimum atomic E-state index is -4.52. The van der Waals surface area contributed by atoms with E-state index < -0.39 is 42.8 Å². The number of fused-ring (bicyclic) bond motifs is 1. The van der Waals surface area contributed by atoms with E-state index in [-0.39, 0.29) is 24.8 Å². The minimum Gasteiger partial charge on any atom is -0.379 e. The van der Waals surface area contributed by atoms with Crippen LogP contribution >= 0.6 is 0 Å². The second-order valence-electron chi connectivity index (χ2n) is 8.87. The van der Waals surface area contributed by atoms with E-state index in [0.29, 0.717) is 23.5 Å². The monoisotopic (exact) mass is 510 g/mol. The average Bonchev–Trinajstić information content (AvgIpc) is 3.22. The maximum Gasteiger partial charge on any atom is 0.410 e. The van der Waals surface area contributed by atoms with Crippen molar-refractivity contribution in [2.75, 3.05) is 26.3 Å². The van der Waals surface area contributed by atoms with Crippen LogP contribution in [-0.4, -0.2) is 75.7 Å². The number of urea groups is 1. The second-order valence-corrected chi connectivity index (χ2v) is 8.87. The van der Waals surface area contributed by atoms with Crippen LogP contribution in [0.25, 0.3) is 5.65 Å². The molecule has 194 valence electrons. The Bertz CT molecular complexity index is 1180. The molecule has 4 heterocycles. The molecule has 0 bridgehead atoms. The Morgan fingerprint density at radius 1 is 1.39 bits per heavy atom. The van der Waals surface area contributed by atoms with Gasteiger partial charge in [0.2, 0.25) is 0 Å². The first-order chi connectivity index (χ1) is 17.2. The number of ether oxygens (including phenoxy) is 1. The highest BCUT2D eigenvalue weighted by molar-refractivity contribution is 6.39. The molecule has 15 heteroatoms. The lowest BCUT2D eigenvalue weighted by molar-refractivity contribution is -0.150. The second kappa shape index (κ2) is 9.54. The van der Waals surface area contributed by atoms with E-state index in [1.807, 2.05) is 12.2 Å². The van der Waals surface area contributed by atoms with Crippen LogP contribution in [0, 0.1) is 5.92 Å². The van der Waals surface area contributed by atoms with Crippen molar-refractivity contribution in [1.29, 1.82) is 0 Å². The molecule has 0 spiro atoms. The number of hydroxylamine groups is 1. The number of hydrogen-bond donors (Lipinski definition) is 3. The van der Waals surface area contributed by atoms with Gasteiger partial charge in [0.15, 0.2) is 11.4 Å². The summed E-state index contributed by atoms with van der Waals surface area (Å²) in [7, 11) is 0. The predicted molar refractivity (Wildman–Crippen MR) is 117 cm³/mol. The molecule has 3 atom stereocenters. The third-order valence-corrected chi connectivity index (χ3v) is 6.31. The maximum absolute atomic E-state index is 13.2. The van der Waals surface area contributed by atoms with Gasteiger partial charge in [-0.25, -0.2) is 14.3 Å². The Hall–Kier alpha value is -3.46. The SMILES string of the molecule is CCOCC(NC(=O)C1=NONC1)c1cn2ncc(C(C3CC3)N3CC(C(F)(F)F)NC3=O)cc2n1. The number of rotatable bonds is 9. The fraction of sp³-hybridized carbons (Fsp3) is 0.571. The van der Waals surface area contributed by atoms with E-state index in [1.54, 1.807) is 18.5 Å². The lowest BCUT2D eigenvalue weighted by atomic mass is 10.0. The normalized spacial score (nSPS) is 21.8. The molecule has 3 amide bonds. The summed E-state index contributed by atoms with van der Waals surface area (Å²) in [5, 5.41) is 12.9. The molecule has 1 saturated heterocycles. The molecular weight excluding hydrogens is 485 g/mol. The van der Waals surface area contributed by atoms with Crippen LogP contribution in [0.3, 0.4) is 0 Å². The molecule has 0 radical (unpaired) electrons. The number of nitrogens with one attached hydrogen (secondary N) is 3. The number of alkyl halides is 3. The zero-order valence-electron chi connectivity index (χ0n) is 19.3. The summed E-state index contributed by atoms with van der Waals surface area (Å²) in [6, 6.07) is -2.09. The first-order valence-electron chi connectivity index (χ1n) is 11.6. The van der Waals surface area contributed by atoms with Crippen LogP contribution in [0.4, 0.5) is 18.0 Å². The van der Waals surface area contributed by atoms with Crippen LogP contribution in [0.2, 0.25) is 0 Å². The van der Waals surface area contributed by atoms with Crippen molar-refractivity contribution in [2.45, 2.75) is 44.1 Å². The van der Waals surface area contributed by atoms with Crippen LogP contribution < -0.4 is 16.1 Å². The van der Waals surface area contributed by atoms with Gasteiger partial charge in [-0.05, 0) is 37.3 Å². The number of oxime groups is 1. The molecule has 2 aromatic heterocycles. The van der Waals surface area contributed by atoms with E-state index in [9.17, 15) is 22.8 Å². The molecule has 2 aliphatic heterocycles. The van der Waals surface area contributed by atoms with Gasteiger partial charge in [0.25, 0.3) is 5.91 Å². The highest BCUT2D eigenvalue weighted by Crippen LogP contribution is 2.46. The molecular formula is C21H25F3N8O4. The van der Waals surface area contributed by atoms with Gasteiger partial charge in [-0.15, -0.1) is 5.48 Å². The largest absolute Gasteiger partial charge is 0.410 e. The third-order valence-electron chi connectivity index (χ3n) is 6.31. The molecule has 12 nitrogen and oxygen atoms in total. The smallest absolute Gasteiger partial charge is 0.379 e. The average molecular weight is 510 g/mol. The molecule has 2 aromatic rings. The van der Waals surface area contributed by atoms with Crippen LogP contribution in [-0.2, 0) is 14.5 Å². The van der Waals surface area contributed by atoms with Gasteiger partial charge in [-0.3, -0.25) is 9.73 Å². The Balaban J connectivity index is 1.40. The predicted octanol–water partition coefficient (Wildman–Crippen LogP) is 1.22. The van der Waals surface area contributed by atoms with E-state index in [4.69, 9.17) is 4.74 Å². The topological polar surface area (TPSA) is 134 Å². The van der Waals surface area contributed by atoms with Crippen molar-refractivity contribution in [2.24, 2.45) is 11.1 Å². The zero-order chi connectivity index (χ0) is 25.4. The van der Waals surface area contributed by atoms with Gasteiger partial charge in [0.05, 0.1) is 49.9 Å². The van der Waals surface area contributed by atoms with Crippen molar-refractivity contribution >= 4 is 23.3 Å². The third kappa shape index (κ3) is 4.93. The number of halogens is 3. The first-order valence-corrected chi connectivity index (χ1v) is 11.6. The summed E-state index contributed by atoms with van der Waals surface area (Å²) in [6.07, 6.45) is 0.275. The zero-order valence-corrected chi connectivity index (χ0v) is 19.3. The number of nitrogens with zero attached hydrogens (tertiary/aromatic N) is 5. The molecule has 2 fully saturated rings. The van der Waals surface area contributed by atoms with Crippen molar-refractivity contribution in [1.82, 2.24) is 35.6 Å². The molecule has 5 rings (SSSR count). The van der Waals surface area contributed by atoms with E-state index in [2.05, 4.69) is 31.0 Å². The van der Waals surface area contributed by atoms with Crippen molar-refractivity contribution < 1.29 is 32.4 Å². The summed E-state index contributed by atoms with van der Waals surface area (Å²) in [5.41, 5.74) is 4.17. The van der Waals surface area contributed by atoms with Gasteiger partial charge >= 0.3 is 12.2 Å². The quantitative estimate of drug-likeness (QED) is 0.462. The van der Waals surface area contributed by atoms with Gasteiger partial charge in [0.1, 0.15) is 6.04 Å². The van der Waals surface area contributed by atoms with Crippen molar-refractivity contribution in [3.63, 3.8) is 0 Å². The molecule has 3 unspecified atom stereocenters. The Morgan fingerprint density at radius 2 is 2.19 bits per heavy atom. The van der Waals surface area contributed by atoms with Crippen LogP contribution in [0.15, 0.2) is 23.6 Å². The fourth-order valence-electron chi connectivity index (χ4n) is 4.36. The lowest BCUT2D eigenvalue weighted by Gasteiger charge is -2.27. The number of carbonyl (C=O) groups is 2. The highest BCUT2D eigenvalue weighted by Gasteiger charge is 2.51. The summed E-state index contributed by atoms with van der Waals surface area (Å²) in [4.78, 5) is 35.4. The summed E-state index contributed by atoms with van der Waals surface area (Å²) in [5.74, 6) is -0.391.